The lowest BCUT2D eigenvalue weighted by Gasteiger charge is -2.39. The highest BCUT2D eigenvalue weighted by Crippen LogP contribution is 2.49. The fourth-order valence-corrected chi connectivity index (χ4v) is 5.91. The Balaban J connectivity index is 1.24. The molecule has 6 rings (SSSR count). The van der Waals surface area contributed by atoms with Gasteiger partial charge >= 0.3 is 0 Å². The summed E-state index contributed by atoms with van der Waals surface area (Å²) in [6, 6.07) is 16.6. The highest BCUT2D eigenvalue weighted by molar-refractivity contribution is 9.10. The van der Waals surface area contributed by atoms with Gasteiger partial charge in [-0.25, -0.2) is 4.98 Å². The van der Waals surface area contributed by atoms with Gasteiger partial charge in [0.1, 0.15) is 5.82 Å². The van der Waals surface area contributed by atoms with Gasteiger partial charge in [-0.2, -0.15) is 9.61 Å². The maximum atomic E-state index is 13.5. The van der Waals surface area contributed by atoms with Crippen LogP contribution in [0.25, 0.3) is 5.65 Å². The number of hydrogen-bond donors (Lipinski definition) is 1. The van der Waals surface area contributed by atoms with Crippen molar-refractivity contribution in [2.45, 2.75) is 50.6 Å². The van der Waals surface area contributed by atoms with E-state index in [1.54, 1.807) is 12.4 Å². The first-order valence-corrected chi connectivity index (χ1v) is 13.4. The number of piperidine rings is 1. The average Bonchev–Trinajstić information content (AvgIpc) is 3.64. The van der Waals surface area contributed by atoms with Gasteiger partial charge in [-0.1, -0.05) is 36.4 Å². The summed E-state index contributed by atoms with van der Waals surface area (Å²) in [5, 5.41) is 8.03. The number of rotatable bonds is 6. The van der Waals surface area contributed by atoms with Crippen molar-refractivity contribution in [3.8, 4) is 0 Å². The molecule has 1 aliphatic carbocycles. The summed E-state index contributed by atoms with van der Waals surface area (Å²) in [4.78, 5) is 24.9. The molecule has 0 radical (unpaired) electrons. The molecule has 4 aromatic rings. The molecule has 1 saturated carbocycles. The van der Waals surface area contributed by atoms with Crippen LogP contribution >= 0.6 is 15.9 Å². The van der Waals surface area contributed by atoms with E-state index in [4.69, 9.17) is 4.98 Å². The van der Waals surface area contributed by atoms with Gasteiger partial charge in [-0.3, -0.25) is 9.78 Å². The van der Waals surface area contributed by atoms with E-state index in [0.717, 1.165) is 53.0 Å². The first-order chi connectivity index (χ1) is 17.6. The van der Waals surface area contributed by atoms with Crippen molar-refractivity contribution in [2.75, 3.05) is 11.9 Å². The van der Waals surface area contributed by atoms with Crippen LogP contribution in [0.15, 0.2) is 71.6 Å². The minimum absolute atomic E-state index is 0.0890. The van der Waals surface area contributed by atoms with E-state index >= 15 is 0 Å². The van der Waals surface area contributed by atoms with E-state index in [0.29, 0.717) is 18.4 Å². The first kappa shape index (κ1) is 23.2. The predicted molar refractivity (Wildman–Crippen MR) is 143 cm³/mol. The Bertz CT molecular complexity index is 1380. The minimum atomic E-state index is 0.0890. The van der Waals surface area contributed by atoms with Crippen LogP contribution in [-0.4, -0.2) is 43.0 Å². The molecule has 3 aromatic heterocycles. The highest BCUT2D eigenvalue weighted by atomic mass is 79.9. The fraction of sp³-hybridized carbons (Fsp3) is 0.357. The third-order valence-electron chi connectivity index (χ3n) is 7.63. The third-order valence-corrected chi connectivity index (χ3v) is 8.19. The van der Waals surface area contributed by atoms with Crippen LogP contribution in [0.2, 0.25) is 0 Å². The molecule has 2 aliphatic rings. The van der Waals surface area contributed by atoms with Crippen LogP contribution in [0, 0.1) is 5.92 Å². The predicted octanol–water partition coefficient (Wildman–Crippen LogP) is 5.40. The maximum Gasteiger partial charge on any atom is 0.226 e. The van der Waals surface area contributed by atoms with Crippen molar-refractivity contribution in [1.82, 2.24) is 24.5 Å². The summed E-state index contributed by atoms with van der Waals surface area (Å²) in [7, 11) is 0. The molecule has 7 nitrogen and oxygen atoms in total. The average molecular weight is 545 g/mol. The molecule has 1 saturated heterocycles. The number of likely N-dealkylation sites (tertiary alicyclic amines) is 1. The van der Waals surface area contributed by atoms with Gasteiger partial charge < -0.3 is 10.2 Å². The van der Waals surface area contributed by atoms with Crippen LogP contribution < -0.4 is 5.32 Å². The zero-order chi connectivity index (χ0) is 24.6. The molecule has 8 heteroatoms. The molecule has 184 valence electrons. The first-order valence-electron chi connectivity index (χ1n) is 12.6. The van der Waals surface area contributed by atoms with Crippen LogP contribution in [0.4, 0.5) is 5.82 Å². The summed E-state index contributed by atoms with van der Waals surface area (Å²) >= 11 is 3.61. The van der Waals surface area contributed by atoms with Gasteiger partial charge in [-0.15, -0.1) is 0 Å². The van der Waals surface area contributed by atoms with Crippen LogP contribution in [0.1, 0.15) is 54.8 Å². The molecule has 36 heavy (non-hydrogen) atoms. The van der Waals surface area contributed by atoms with Crippen molar-refractivity contribution in [3.05, 3.63) is 88.4 Å². The normalized spacial score (nSPS) is 23.6. The second kappa shape index (κ2) is 9.65. The third kappa shape index (κ3) is 4.39. The number of benzene rings is 1. The van der Waals surface area contributed by atoms with Crippen molar-refractivity contribution in [1.29, 1.82) is 0 Å². The van der Waals surface area contributed by atoms with Crippen molar-refractivity contribution < 1.29 is 4.79 Å². The van der Waals surface area contributed by atoms with Gasteiger partial charge in [0.2, 0.25) is 5.91 Å². The van der Waals surface area contributed by atoms with Gasteiger partial charge in [0.15, 0.2) is 5.65 Å². The quantitative estimate of drug-likeness (QED) is 0.352. The maximum absolute atomic E-state index is 13.5. The Hall–Kier alpha value is -3.26. The number of amides is 1. The Kier molecular flexibility index (Phi) is 6.21. The zero-order valence-corrected chi connectivity index (χ0v) is 21.8. The molecule has 2 fully saturated rings. The molecule has 1 aliphatic heterocycles. The second-order valence-corrected chi connectivity index (χ2v) is 10.7. The lowest BCUT2D eigenvalue weighted by molar-refractivity contribution is -0.136. The van der Waals surface area contributed by atoms with Crippen molar-refractivity contribution >= 4 is 33.3 Å². The van der Waals surface area contributed by atoms with Crippen LogP contribution in [0.3, 0.4) is 0 Å². The lowest BCUT2D eigenvalue weighted by Crippen LogP contribution is -2.47. The van der Waals surface area contributed by atoms with Gasteiger partial charge in [0.25, 0.3) is 0 Å². The summed E-state index contributed by atoms with van der Waals surface area (Å²) in [5.41, 5.74) is 4.15. The van der Waals surface area contributed by atoms with E-state index in [9.17, 15) is 4.79 Å². The largest absolute Gasteiger partial charge is 0.366 e. The van der Waals surface area contributed by atoms with E-state index in [2.05, 4.69) is 73.5 Å². The molecule has 0 bridgehead atoms. The Morgan fingerprint density at radius 2 is 2.00 bits per heavy atom. The molecule has 1 amide bonds. The molecular formula is C28H29BrN6O. The molecule has 0 spiro atoms. The summed E-state index contributed by atoms with van der Waals surface area (Å²) in [6.07, 6.45) is 8.35. The number of carbonyl (C=O) groups excluding carboxylic acids is 1. The Morgan fingerprint density at radius 3 is 2.81 bits per heavy atom. The highest BCUT2D eigenvalue weighted by Gasteiger charge is 2.47. The van der Waals surface area contributed by atoms with Gasteiger partial charge in [0.05, 0.1) is 16.4 Å². The molecule has 4 atom stereocenters. The van der Waals surface area contributed by atoms with Crippen molar-refractivity contribution in [2.24, 2.45) is 5.92 Å². The lowest BCUT2D eigenvalue weighted by atomic mass is 9.86. The Labute approximate surface area is 219 Å². The molecule has 1 N–H and O–H groups in total. The molecule has 4 heterocycles. The number of hydrogen-bond acceptors (Lipinski definition) is 5. The van der Waals surface area contributed by atoms with Crippen LogP contribution in [-0.2, 0) is 11.3 Å². The number of nitrogens with one attached hydrogen (secondary N) is 1. The monoisotopic (exact) mass is 544 g/mol. The number of aromatic nitrogens is 4. The number of anilines is 1. The molecule has 1 aromatic carbocycles. The summed E-state index contributed by atoms with van der Waals surface area (Å²) in [5.74, 6) is 1.80. The standard InChI is InChI=1S/C28H29BrN6O/c1-18-21(10-6-12-34(18)28(36)23-13-22(23)20-8-3-2-4-9-20)25-14-26(31-16-19-7-5-11-30-15-19)35-27(33-25)24(29)17-32-35/h2-5,7-9,11,14-15,17-18,21-23,31H,6,10,12-13,16H2,1H3/t18?,21?,22-,23+/m0/s1. The van der Waals surface area contributed by atoms with E-state index in [-0.39, 0.29) is 17.9 Å². The smallest absolute Gasteiger partial charge is 0.226 e. The van der Waals surface area contributed by atoms with Crippen molar-refractivity contribution in [3.63, 3.8) is 0 Å². The number of carbonyl (C=O) groups is 1. The molecule has 2 unspecified atom stereocenters. The number of fused-ring (bicyclic) bond motifs is 1. The van der Waals surface area contributed by atoms with Gasteiger partial charge in [-0.05, 0) is 65.2 Å². The SMILES string of the molecule is CC1C(c2cc(NCc3cccnc3)n3ncc(Br)c3n2)CCCN1C(=O)[C@@H]1C[C@H]1c1ccccc1. The van der Waals surface area contributed by atoms with E-state index in [1.807, 2.05) is 28.9 Å². The fourth-order valence-electron chi connectivity index (χ4n) is 5.57. The van der Waals surface area contributed by atoms with E-state index in [1.165, 1.54) is 5.56 Å². The van der Waals surface area contributed by atoms with E-state index < -0.39 is 0 Å². The number of halogens is 1. The number of pyridine rings is 1. The summed E-state index contributed by atoms with van der Waals surface area (Å²) in [6.45, 7) is 3.64. The summed E-state index contributed by atoms with van der Waals surface area (Å²) < 4.78 is 2.68. The Morgan fingerprint density at radius 1 is 1.14 bits per heavy atom. The minimum Gasteiger partial charge on any atom is -0.366 e. The zero-order valence-electron chi connectivity index (χ0n) is 20.2. The van der Waals surface area contributed by atoms with Gasteiger partial charge in [0, 0.05) is 49.4 Å². The number of nitrogens with zero attached hydrogens (tertiary/aromatic N) is 5. The second-order valence-electron chi connectivity index (χ2n) is 9.89. The topological polar surface area (TPSA) is 75.4 Å². The molecular weight excluding hydrogens is 516 g/mol. The van der Waals surface area contributed by atoms with Crippen LogP contribution in [0.5, 0.6) is 0 Å².